The fraction of sp³-hybridized carbons (Fsp3) is 0.111. The quantitative estimate of drug-likeness (QED) is 0.479. The average Bonchev–Trinajstić information content (AvgIpc) is 2.96. The molecule has 0 saturated heterocycles. The van der Waals surface area contributed by atoms with Crippen LogP contribution in [0, 0.1) is 11.2 Å². The van der Waals surface area contributed by atoms with Crippen LogP contribution >= 0.6 is 30.1 Å². The van der Waals surface area contributed by atoms with E-state index in [4.69, 9.17) is 4.74 Å². The molecule has 0 aliphatic heterocycles. The Morgan fingerprint density at radius 3 is 2.76 bits per heavy atom. The van der Waals surface area contributed by atoms with Crippen LogP contribution in [0.2, 0.25) is 0 Å². The van der Waals surface area contributed by atoms with Crippen LogP contribution in [0.15, 0.2) is 43.5 Å². The van der Waals surface area contributed by atoms with Gasteiger partial charge in [0.05, 0.1) is 5.69 Å². The fourth-order valence-corrected chi connectivity index (χ4v) is 2.61. The smallest absolute Gasteiger partial charge is 0.412 e. The minimum Gasteiger partial charge on any atom is -0.441 e. The predicted molar refractivity (Wildman–Crippen MR) is 112 cm³/mol. The van der Waals surface area contributed by atoms with Gasteiger partial charge in [0.1, 0.15) is 11.8 Å². The van der Waals surface area contributed by atoms with Gasteiger partial charge < -0.3 is 4.74 Å². The largest absolute Gasteiger partial charge is 0.441 e. The summed E-state index contributed by atoms with van der Waals surface area (Å²) < 4.78 is 6.95. The molecule has 2 aromatic rings. The molecule has 1 heterocycles. The summed E-state index contributed by atoms with van der Waals surface area (Å²) >= 11 is 2.06. The second kappa shape index (κ2) is 9.34. The number of benzene rings is 1. The van der Waals surface area contributed by atoms with E-state index in [1.54, 1.807) is 6.08 Å². The molecule has 0 aliphatic carbocycles. The molecule has 7 heteroatoms. The highest BCUT2D eigenvalue weighted by molar-refractivity contribution is 14.2. The molecule has 0 saturated carbocycles. The van der Waals surface area contributed by atoms with Gasteiger partial charge in [0, 0.05) is 27.4 Å². The Labute approximate surface area is 163 Å². The number of hydrogen-bond acceptors (Lipinski definition) is 4. The van der Waals surface area contributed by atoms with Crippen LogP contribution in [-0.4, -0.2) is 15.9 Å². The van der Waals surface area contributed by atoms with Crippen molar-refractivity contribution in [2.24, 2.45) is 0 Å². The summed E-state index contributed by atoms with van der Waals surface area (Å²) in [6.07, 6.45) is 2.12. The van der Waals surface area contributed by atoms with Crippen molar-refractivity contribution < 1.29 is 9.53 Å². The van der Waals surface area contributed by atoms with Crippen molar-refractivity contribution in [3.63, 3.8) is 0 Å². The van der Waals surface area contributed by atoms with E-state index in [0.29, 0.717) is 17.1 Å². The second-order valence-electron chi connectivity index (χ2n) is 4.83. The number of carbonyl (C=O) groups is 1. The van der Waals surface area contributed by atoms with Crippen molar-refractivity contribution in [1.29, 1.82) is 0 Å². The molecule has 1 amide bonds. The number of hydrogen-bond donors (Lipinski definition) is 1. The summed E-state index contributed by atoms with van der Waals surface area (Å²) in [4.78, 5) is 12.3. The van der Waals surface area contributed by atoms with E-state index in [0.717, 1.165) is 5.56 Å². The Bertz CT molecular complexity index is 837. The molecule has 128 valence electrons. The zero-order chi connectivity index (χ0) is 18.2. The van der Waals surface area contributed by atoms with Crippen molar-refractivity contribution in [2.45, 2.75) is 13.0 Å². The maximum Gasteiger partial charge on any atom is 0.412 e. The van der Waals surface area contributed by atoms with Crippen LogP contribution in [-0.2, 0) is 4.74 Å². The van der Waals surface area contributed by atoms with E-state index in [9.17, 15) is 4.79 Å². The first kappa shape index (κ1) is 19.1. The highest BCUT2D eigenvalue weighted by atomic mass is 127. The SMILES string of the molecule is C=Cc1c(NC(=O)O[C@H](C)c2ccccc2)c(C#CSI)nn1C=C. The van der Waals surface area contributed by atoms with Gasteiger partial charge in [-0.05, 0) is 38.7 Å². The van der Waals surface area contributed by atoms with Crippen LogP contribution in [0.25, 0.3) is 12.3 Å². The number of rotatable bonds is 5. The molecule has 5 nitrogen and oxygen atoms in total. The lowest BCUT2D eigenvalue weighted by atomic mass is 10.1. The lowest BCUT2D eigenvalue weighted by Crippen LogP contribution is -2.17. The first-order valence-corrected chi connectivity index (χ1v) is 10.6. The lowest BCUT2D eigenvalue weighted by Gasteiger charge is -2.14. The predicted octanol–water partition coefficient (Wildman–Crippen LogP) is 5.33. The Hall–Kier alpha value is -2.18. The molecule has 0 aliphatic rings. The fourth-order valence-electron chi connectivity index (χ4n) is 2.14. The van der Waals surface area contributed by atoms with E-state index < -0.39 is 6.09 Å². The zero-order valence-corrected chi connectivity index (χ0v) is 16.5. The molecule has 1 N–H and O–H groups in total. The summed E-state index contributed by atoms with van der Waals surface area (Å²) in [5, 5.41) is 9.86. The zero-order valence-electron chi connectivity index (χ0n) is 13.5. The van der Waals surface area contributed by atoms with Crippen molar-refractivity contribution in [3.8, 4) is 11.2 Å². The highest BCUT2D eigenvalue weighted by Gasteiger charge is 2.18. The van der Waals surface area contributed by atoms with Gasteiger partial charge in [0.25, 0.3) is 0 Å². The van der Waals surface area contributed by atoms with Gasteiger partial charge in [-0.25, -0.2) is 9.48 Å². The molecule has 0 unspecified atom stereocenters. The van der Waals surface area contributed by atoms with E-state index in [1.807, 2.05) is 37.3 Å². The second-order valence-corrected chi connectivity index (χ2v) is 6.51. The van der Waals surface area contributed by atoms with Crippen LogP contribution in [0.4, 0.5) is 10.5 Å². The van der Waals surface area contributed by atoms with Crippen molar-refractivity contribution in [1.82, 2.24) is 9.78 Å². The summed E-state index contributed by atoms with van der Waals surface area (Å²) in [6.45, 7) is 9.26. The van der Waals surface area contributed by atoms with Gasteiger partial charge in [-0.2, -0.15) is 5.10 Å². The number of ether oxygens (including phenoxy) is 1. The number of nitrogens with zero attached hydrogens (tertiary/aromatic N) is 2. The first-order valence-electron chi connectivity index (χ1n) is 7.29. The lowest BCUT2D eigenvalue weighted by molar-refractivity contribution is 0.121. The number of aromatic nitrogens is 2. The minimum atomic E-state index is -0.590. The average molecular weight is 465 g/mol. The first-order chi connectivity index (χ1) is 12.1. The maximum absolute atomic E-state index is 12.3. The molecule has 0 fully saturated rings. The van der Waals surface area contributed by atoms with E-state index in [1.165, 1.54) is 19.8 Å². The van der Waals surface area contributed by atoms with Gasteiger partial charge >= 0.3 is 6.09 Å². The van der Waals surface area contributed by atoms with Gasteiger partial charge in [-0.15, -0.1) is 0 Å². The summed E-state index contributed by atoms with van der Waals surface area (Å²) in [6, 6.07) is 9.50. The monoisotopic (exact) mass is 465 g/mol. The minimum absolute atomic E-state index is 0.387. The molecule has 1 atom stereocenters. The third kappa shape index (κ3) is 4.90. The topological polar surface area (TPSA) is 56.1 Å². The number of amides is 1. The Kier molecular flexibility index (Phi) is 7.16. The number of halogens is 1. The van der Waals surface area contributed by atoms with E-state index in [2.05, 4.69) is 56.0 Å². The molecule has 1 aromatic carbocycles. The summed E-state index contributed by atoms with van der Waals surface area (Å²) in [5.41, 5.74) is 2.35. The van der Waals surface area contributed by atoms with Gasteiger partial charge in [0.2, 0.25) is 0 Å². The van der Waals surface area contributed by atoms with Gasteiger partial charge in [-0.3, -0.25) is 5.32 Å². The molecule has 0 radical (unpaired) electrons. The molecule has 25 heavy (non-hydrogen) atoms. The van der Waals surface area contributed by atoms with Crippen LogP contribution in [0.5, 0.6) is 0 Å². The van der Waals surface area contributed by atoms with E-state index in [-0.39, 0.29) is 6.10 Å². The molecule has 2 rings (SSSR count). The molecular formula is C18H16IN3O2S. The normalized spacial score (nSPS) is 11.0. The van der Waals surface area contributed by atoms with Crippen molar-refractivity contribution >= 4 is 54.2 Å². The van der Waals surface area contributed by atoms with Gasteiger partial charge in [-0.1, -0.05) is 43.5 Å². The third-order valence-corrected chi connectivity index (χ3v) is 4.14. The van der Waals surface area contributed by atoms with Crippen LogP contribution in [0.3, 0.4) is 0 Å². The Balaban J connectivity index is 2.23. The Morgan fingerprint density at radius 2 is 2.16 bits per heavy atom. The van der Waals surface area contributed by atoms with Gasteiger partial charge in [0.15, 0.2) is 5.69 Å². The standard InChI is InChI=1S/C18H16IN3O2S/c1-4-16-17(15(11-12-25-19)21-22(16)5-2)20-18(23)24-13(3)14-9-7-6-8-10-14/h4-10,13H,1-2H2,3H3,(H,20,23)/t13-/m1/s1. The maximum atomic E-state index is 12.3. The molecule has 1 aromatic heterocycles. The number of anilines is 1. The van der Waals surface area contributed by atoms with Crippen LogP contribution in [0.1, 0.15) is 30.0 Å². The molecule has 0 spiro atoms. The van der Waals surface area contributed by atoms with Crippen molar-refractivity contribution in [2.75, 3.05) is 5.32 Å². The highest BCUT2D eigenvalue weighted by Crippen LogP contribution is 2.24. The summed E-state index contributed by atoms with van der Waals surface area (Å²) in [7, 11) is 1.33. The van der Waals surface area contributed by atoms with Crippen LogP contribution < -0.4 is 5.32 Å². The summed E-state index contributed by atoms with van der Waals surface area (Å²) in [5.74, 6) is 2.89. The third-order valence-electron chi connectivity index (χ3n) is 3.30. The number of carbonyl (C=O) groups excluding carboxylic acids is 1. The number of nitrogens with one attached hydrogen (secondary N) is 1. The molecule has 0 bridgehead atoms. The van der Waals surface area contributed by atoms with E-state index >= 15 is 0 Å². The van der Waals surface area contributed by atoms with Crippen molar-refractivity contribution in [3.05, 3.63) is 60.4 Å². The Morgan fingerprint density at radius 1 is 1.44 bits per heavy atom. The molecular weight excluding hydrogens is 449 g/mol.